The monoisotopic (exact) mass is 420 g/mol. The summed E-state index contributed by atoms with van der Waals surface area (Å²) in [5, 5.41) is 35.0. The summed E-state index contributed by atoms with van der Waals surface area (Å²) in [4.78, 5) is 20.8. The summed E-state index contributed by atoms with van der Waals surface area (Å²) in [6, 6.07) is 10.8. The molecule has 0 aromatic heterocycles. The molecule has 8 nitrogen and oxygen atoms in total. The van der Waals surface area contributed by atoms with Crippen molar-refractivity contribution in [2.75, 3.05) is 0 Å². The van der Waals surface area contributed by atoms with Gasteiger partial charge in [-0.2, -0.15) is 0 Å². The van der Waals surface area contributed by atoms with E-state index >= 15 is 0 Å². The molecule has 0 aliphatic heterocycles. The molecule has 27 heavy (non-hydrogen) atoms. The van der Waals surface area contributed by atoms with E-state index in [1.54, 1.807) is 24.3 Å². The molecule has 2 atom stereocenters. The van der Waals surface area contributed by atoms with Crippen LogP contribution in [0.4, 0.5) is 0 Å². The number of aromatic hydroxyl groups is 2. The Kier molecular flexibility index (Phi) is 10.8. The molecule has 9 heteroatoms. The predicted octanol–water partition coefficient (Wildman–Crippen LogP) is 0.691. The molecule has 2 aromatic rings. The number of phenolic OH excluding ortho intramolecular Hbond substituents is 2. The smallest absolute Gasteiger partial charge is 0.320 e. The van der Waals surface area contributed by atoms with E-state index in [0.29, 0.717) is 0 Å². The van der Waals surface area contributed by atoms with Gasteiger partial charge in [0, 0.05) is 16.5 Å². The van der Waals surface area contributed by atoms with Gasteiger partial charge in [0.15, 0.2) is 0 Å². The third kappa shape index (κ3) is 9.60. The number of phenols is 2. The summed E-state index contributed by atoms with van der Waals surface area (Å²) in [6.45, 7) is 0. The summed E-state index contributed by atoms with van der Waals surface area (Å²) < 4.78 is 0. The molecule has 2 unspecified atom stereocenters. The van der Waals surface area contributed by atoms with Crippen molar-refractivity contribution in [1.82, 2.24) is 0 Å². The number of carbonyl (C=O) groups is 2. The van der Waals surface area contributed by atoms with Crippen LogP contribution in [-0.4, -0.2) is 44.4 Å². The van der Waals surface area contributed by atoms with E-state index in [1.807, 2.05) is 0 Å². The number of benzene rings is 2. The Balaban J connectivity index is 0.000000483. The molecule has 0 radical (unpaired) electrons. The number of rotatable bonds is 6. The van der Waals surface area contributed by atoms with Crippen molar-refractivity contribution in [1.29, 1.82) is 0 Å². The Labute approximate surface area is 166 Å². The molecule has 0 amide bonds. The third-order valence-electron chi connectivity index (χ3n) is 3.42. The summed E-state index contributed by atoms with van der Waals surface area (Å²) in [5.41, 5.74) is 12.2. The van der Waals surface area contributed by atoms with Crippen LogP contribution in [-0.2, 0) is 38.9 Å². The van der Waals surface area contributed by atoms with Crippen molar-refractivity contribution in [3.8, 4) is 11.5 Å². The maximum absolute atomic E-state index is 10.4. The van der Waals surface area contributed by atoms with E-state index in [-0.39, 0.29) is 40.8 Å². The molecule has 0 saturated heterocycles. The van der Waals surface area contributed by atoms with Crippen LogP contribution in [0.1, 0.15) is 11.1 Å². The van der Waals surface area contributed by atoms with Gasteiger partial charge in [0.1, 0.15) is 23.6 Å². The van der Waals surface area contributed by atoms with Gasteiger partial charge in [-0.3, -0.25) is 9.59 Å². The second kappa shape index (κ2) is 11.9. The van der Waals surface area contributed by atoms with Crippen LogP contribution in [0.25, 0.3) is 0 Å². The van der Waals surface area contributed by atoms with Gasteiger partial charge in [-0.15, -0.1) is 0 Å². The predicted molar refractivity (Wildman–Crippen MR) is 94.8 cm³/mol. The number of aliphatic carboxylic acids is 2. The van der Waals surface area contributed by atoms with E-state index in [2.05, 4.69) is 0 Å². The van der Waals surface area contributed by atoms with E-state index in [0.717, 1.165) is 11.1 Å². The van der Waals surface area contributed by atoms with Gasteiger partial charge in [0.25, 0.3) is 0 Å². The SMILES string of the molecule is NC(Cc1ccc(O)cc1)C(=O)O.NC(Cc1ccc(O)cc1)C(=O)O.[Ni]. The van der Waals surface area contributed by atoms with E-state index in [9.17, 15) is 9.59 Å². The van der Waals surface area contributed by atoms with Gasteiger partial charge in [0.2, 0.25) is 0 Å². The molecule has 8 N–H and O–H groups in total. The van der Waals surface area contributed by atoms with Gasteiger partial charge in [-0.25, -0.2) is 0 Å². The molecule has 0 saturated carbocycles. The van der Waals surface area contributed by atoms with Crippen molar-refractivity contribution < 1.29 is 46.5 Å². The Morgan fingerprint density at radius 2 is 0.963 bits per heavy atom. The maximum atomic E-state index is 10.4. The fourth-order valence-corrected chi connectivity index (χ4v) is 1.95. The topological polar surface area (TPSA) is 167 Å². The average Bonchev–Trinajstić information content (AvgIpc) is 2.59. The quantitative estimate of drug-likeness (QED) is 0.371. The van der Waals surface area contributed by atoms with Gasteiger partial charge >= 0.3 is 11.9 Å². The minimum atomic E-state index is -1.02. The standard InChI is InChI=1S/2C9H11NO3.Ni/c2*10-8(9(12)13)5-6-1-3-7(11)4-2-6;/h2*1-4,8,11H,5,10H2,(H,12,13);. The Morgan fingerprint density at radius 1 is 0.704 bits per heavy atom. The molecule has 0 bridgehead atoms. The van der Waals surface area contributed by atoms with Crippen LogP contribution < -0.4 is 11.5 Å². The molecule has 0 spiro atoms. The minimum absolute atomic E-state index is 0. The first-order valence-corrected chi connectivity index (χ1v) is 7.71. The Hall–Kier alpha value is -2.61. The molecule has 150 valence electrons. The fourth-order valence-electron chi connectivity index (χ4n) is 1.95. The van der Waals surface area contributed by atoms with E-state index in [1.165, 1.54) is 24.3 Å². The number of nitrogens with two attached hydrogens (primary N) is 2. The zero-order valence-electron chi connectivity index (χ0n) is 14.3. The zero-order valence-corrected chi connectivity index (χ0v) is 15.3. The molecular weight excluding hydrogens is 399 g/mol. The van der Waals surface area contributed by atoms with Crippen LogP contribution in [0.3, 0.4) is 0 Å². The molecule has 0 aliphatic rings. The second-order valence-electron chi connectivity index (χ2n) is 5.63. The summed E-state index contributed by atoms with van der Waals surface area (Å²) in [6.07, 6.45) is 0.547. The summed E-state index contributed by atoms with van der Waals surface area (Å²) in [5.74, 6) is -1.72. The number of carboxylic acids is 2. The number of hydrogen-bond donors (Lipinski definition) is 6. The molecule has 2 aromatic carbocycles. The second-order valence-corrected chi connectivity index (χ2v) is 5.63. The van der Waals surface area contributed by atoms with E-state index in [4.69, 9.17) is 31.9 Å². The fraction of sp³-hybridized carbons (Fsp3) is 0.222. The largest absolute Gasteiger partial charge is 0.508 e. The first-order chi connectivity index (χ1) is 12.2. The molecular formula is C18H22N2NiO6. The Morgan fingerprint density at radius 3 is 1.19 bits per heavy atom. The Bertz CT molecular complexity index is 658. The number of hydrogen-bond acceptors (Lipinski definition) is 6. The van der Waals surface area contributed by atoms with Gasteiger partial charge < -0.3 is 31.9 Å². The third-order valence-corrected chi connectivity index (χ3v) is 3.42. The summed E-state index contributed by atoms with van der Waals surface area (Å²) >= 11 is 0. The first kappa shape index (κ1) is 24.4. The van der Waals surface area contributed by atoms with Crippen molar-refractivity contribution in [2.45, 2.75) is 24.9 Å². The van der Waals surface area contributed by atoms with Crippen LogP contribution in [0.15, 0.2) is 48.5 Å². The minimum Gasteiger partial charge on any atom is -0.508 e. The summed E-state index contributed by atoms with van der Waals surface area (Å²) in [7, 11) is 0. The maximum Gasteiger partial charge on any atom is 0.320 e. The molecule has 0 fully saturated rings. The van der Waals surface area contributed by atoms with Crippen LogP contribution in [0, 0.1) is 0 Å². The van der Waals surface area contributed by atoms with Crippen LogP contribution in [0.5, 0.6) is 11.5 Å². The van der Waals surface area contributed by atoms with Crippen molar-refractivity contribution in [3.63, 3.8) is 0 Å². The van der Waals surface area contributed by atoms with E-state index < -0.39 is 24.0 Å². The average molecular weight is 421 g/mol. The zero-order chi connectivity index (χ0) is 19.7. The van der Waals surface area contributed by atoms with Crippen LogP contribution in [0.2, 0.25) is 0 Å². The number of carboxylic acid groups (broad SMARTS) is 2. The van der Waals surface area contributed by atoms with Crippen molar-refractivity contribution >= 4 is 11.9 Å². The van der Waals surface area contributed by atoms with Gasteiger partial charge in [-0.1, -0.05) is 24.3 Å². The first-order valence-electron chi connectivity index (χ1n) is 7.71. The molecule has 2 rings (SSSR count). The molecule has 0 aliphatic carbocycles. The van der Waals surface area contributed by atoms with Crippen molar-refractivity contribution in [3.05, 3.63) is 59.7 Å². The molecule has 0 heterocycles. The van der Waals surface area contributed by atoms with Crippen LogP contribution >= 0.6 is 0 Å². The van der Waals surface area contributed by atoms with Gasteiger partial charge in [-0.05, 0) is 48.2 Å². The normalized spacial score (nSPS) is 11.9. The van der Waals surface area contributed by atoms with Gasteiger partial charge in [0.05, 0.1) is 0 Å². The van der Waals surface area contributed by atoms with Crippen molar-refractivity contribution in [2.24, 2.45) is 11.5 Å².